The molecule has 0 radical (unpaired) electrons. The first kappa shape index (κ1) is 17.8. The number of carbonyl (C=O) groups excluding carboxylic acids is 1. The van der Waals surface area contributed by atoms with E-state index in [1.54, 1.807) is 12.0 Å². The monoisotopic (exact) mass is 394 g/mol. The molecule has 4 rings (SSSR count). The lowest BCUT2D eigenvalue weighted by atomic mass is 10.0. The maximum absolute atomic E-state index is 13.2. The smallest absolute Gasteiger partial charge is 0.272 e. The zero-order valence-electron chi connectivity index (χ0n) is 15.0. The van der Waals surface area contributed by atoms with Crippen molar-refractivity contribution in [3.05, 3.63) is 70.8 Å². The van der Waals surface area contributed by atoms with Crippen molar-refractivity contribution in [2.24, 2.45) is 0 Å². The number of fused-ring (bicyclic) bond motifs is 1. The Morgan fingerprint density at radius 1 is 1.11 bits per heavy atom. The van der Waals surface area contributed by atoms with Crippen LogP contribution in [0.2, 0.25) is 0 Å². The molecule has 2 heterocycles. The van der Waals surface area contributed by atoms with Crippen molar-refractivity contribution in [1.82, 2.24) is 0 Å². The Hall–Kier alpha value is -2.57. The van der Waals surface area contributed by atoms with Crippen LogP contribution in [0.15, 0.2) is 65.2 Å². The molecule has 4 nitrogen and oxygen atoms in total. The van der Waals surface area contributed by atoms with Crippen LogP contribution in [0.4, 0.5) is 11.4 Å². The van der Waals surface area contributed by atoms with Gasteiger partial charge in [0, 0.05) is 17.8 Å². The van der Waals surface area contributed by atoms with Gasteiger partial charge in [-0.15, -0.1) is 0 Å². The van der Waals surface area contributed by atoms with E-state index in [0.717, 1.165) is 34.9 Å². The lowest BCUT2D eigenvalue weighted by molar-refractivity contribution is -0.113. The van der Waals surface area contributed by atoms with Crippen molar-refractivity contribution in [2.45, 2.75) is 6.92 Å². The predicted octanol–water partition coefficient (Wildman–Crippen LogP) is 4.82. The molecular weight excluding hydrogens is 376 g/mol. The fourth-order valence-electron chi connectivity index (χ4n) is 3.29. The molecule has 1 fully saturated rings. The molecule has 0 saturated carbocycles. The van der Waals surface area contributed by atoms with Crippen molar-refractivity contribution >= 4 is 51.7 Å². The summed E-state index contributed by atoms with van der Waals surface area (Å²) in [6, 6.07) is 15.5. The van der Waals surface area contributed by atoms with Crippen LogP contribution in [0.3, 0.4) is 0 Å². The minimum absolute atomic E-state index is 0.0775. The van der Waals surface area contributed by atoms with Crippen molar-refractivity contribution in [3.63, 3.8) is 0 Å². The third-order valence-electron chi connectivity index (χ3n) is 4.57. The topological polar surface area (TPSA) is 32.8 Å². The zero-order valence-corrected chi connectivity index (χ0v) is 16.6. The number of nitrogens with zero attached hydrogens (tertiary/aromatic N) is 2. The number of carbonyl (C=O) groups is 1. The summed E-state index contributed by atoms with van der Waals surface area (Å²) >= 11 is 6.86. The van der Waals surface area contributed by atoms with Gasteiger partial charge in [-0.3, -0.25) is 9.69 Å². The largest absolute Gasteiger partial charge is 0.497 e. The molecule has 0 N–H and O–H groups in total. The van der Waals surface area contributed by atoms with E-state index in [1.807, 2.05) is 60.7 Å². The van der Waals surface area contributed by atoms with E-state index >= 15 is 0 Å². The second-order valence-electron chi connectivity index (χ2n) is 6.06. The van der Waals surface area contributed by atoms with Crippen LogP contribution in [0.5, 0.6) is 5.75 Å². The van der Waals surface area contributed by atoms with Crippen LogP contribution < -0.4 is 14.5 Å². The highest BCUT2D eigenvalue weighted by molar-refractivity contribution is 8.27. The summed E-state index contributed by atoms with van der Waals surface area (Å²) < 4.78 is 5.88. The predicted molar refractivity (Wildman–Crippen MR) is 116 cm³/mol. The average molecular weight is 395 g/mol. The normalized spacial score (nSPS) is 18.9. The zero-order chi connectivity index (χ0) is 19.0. The van der Waals surface area contributed by atoms with Gasteiger partial charge in [0.25, 0.3) is 5.91 Å². The molecule has 0 unspecified atom stereocenters. The Bertz CT molecular complexity index is 983. The number of likely N-dealkylation sites (N-methyl/N-ethyl adjacent to an activating group) is 1. The lowest BCUT2D eigenvalue weighted by Gasteiger charge is -2.30. The van der Waals surface area contributed by atoms with Crippen molar-refractivity contribution in [1.29, 1.82) is 0 Å². The summed E-state index contributed by atoms with van der Waals surface area (Å²) in [6.45, 7) is 2.82. The quantitative estimate of drug-likeness (QED) is 0.550. The number of rotatable bonds is 3. The first-order valence-electron chi connectivity index (χ1n) is 8.63. The molecule has 0 aromatic heterocycles. The molecule has 1 amide bonds. The maximum atomic E-state index is 13.2. The fourth-order valence-corrected chi connectivity index (χ4v) is 4.64. The van der Waals surface area contributed by atoms with E-state index in [4.69, 9.17) is 17.0 Å². The van der Waals surface area contributed by atoms with Crippen LogP contribution in [0, 0.1) is 0 Å². The Morgan fingerprint density at radius 3 is 2.59 bits per heavy atom. The number of thioether (sulfide) groups is 1. The number of hydrogen-bond acceptors (Lipinski definition) is 5. The highest BCUT2D eigenvalue weighted by Crippen LogP contribution is 2.41. The molecule has 2 aliphatic heterocycles. The van der Waals surface area contributed by atoms with E-state index < -0.39 is 0 Å². The molecule has 0 atom stereocenters. The van der Waals surface area contributed by atoms with E-state index in [-0.39, 0.29) is 5.91 Å². The van der Waals surface area contributed by atoms with E-state index in [0.29, 0.717) is 9.23 Å². The van der Waals surface area contributed by atoms with Gasteiger partial charge < -0.3 is 9.64 Å². The third kappa shape index (κ3) is 3.05. The van der Waals surface area contributed by atoms with Gasteiger partial charge in [-0.2, -0.15) is 0 Å². The van der Waals surface area contributed by atoms with Gasteiger partial charge in [-0.05, 0) is 43.3 Å². The number of allylic oxidation sites excluding steroid dienone is 1. The molecule has 2 aromatic rings. The Balaban J connectivity index is 1.77. The second kappa shape index (κ2) is 7.21. The number of benzene rings is 2. The molecule has 0 aliphatic carbocycles. The number of thiocarbonyl (C=S) groups is 1. The standard InChI is InChI=1S/C21H18N2O2S2/c1-3-22-17-12-10-16(25-2)13-14(17)9-11-18(22)19-20(24)23(21(26)27-19)15-7-5-4-6-8-15/h4-13H,3H2,1-2H3/b19-18-. The SMILES string of the molecule is CCN1/C(=C2\SC(=S)N(c3ccccc3)C2=O)C=Cc2cc(OC)ccc21. The third-order valence-corrected chi connectivity index (χ3v) is 5.95. The Morgan fingerprint density at radius 2 is 1.89 bits per heavy atom. The first-order chi connectivity index (χ1) is 13.1. The Labute approximate surface area is 168 Å². The van der Waals surface area contributed by atoms with Crippen LogP contribution >= 0.6 is 24.0 Å². The fraction of sp³-hybridized carbons (Fsp3) is 0.143. The number of hydrogen-bond donors (Lipinski definition) is 0. The highest BCUT2D eigenvalue weighted by Gasteiger charge is 2.37. The van der Waals surface area contributed by atoms with Crippen LogP contribution in [-0.4, -0.2) is 23.9 Å². The minimum Gasteiger partial charge on any atom is -0.497 e. The molecule has 0 bridgehead atoms. The first-order valence-corrected chi connectivity index (χ1v) is 9.85. The summed E-state index contributed by atoms with van der Waals surface area (Å²) in [5, 5.41) is 0. The molecule has 2 aromatic carbocycles. The van der Waals surface area contributed by atoms with Gasteiger partial charge in [0.05, 0.1) is 18.5 Å². The van der Waals surface area contributed by atoms with Crippen molar-refractivity contribution in [3.8, 4) is 5.75 Å². The van der Waals surface area contributed by atoms with Gasteiger partial charge >= 0.3 is 0 Å². The lowest BCUT2D eigenvalue weighted by Crippen LogP contribution is -2.30. The van der Waals surface area contributed by atoms with Gasteiger partial charge in [-0.25, -0.2) is 0 Å². The number of methoxy groups -OCH3 is 1. The molecule has 0 spiro atoms. The van der Waals surface area contributed by atoms with Crippen LogP contribution in [-0.2, 0) is 4.79 Å². The maximum Gasteiger partial charge on any atom is 0.272 e. The van der Waals surface area contributed by atoms with Gasteiger partial charge in [0.15, 0.2) is 4.32 Å². The summed E-state index contributed by atoms with van der Waals surface area (Å²) in [5.41, 5.74) is 3.80. The van der Waals surface area contributed by atoms with Gasteiger partial charge in [-0.1, -0.05) is 48.3 Å². The molecule has 2 aliphatic rings. The number of anilines is 2. The highest BCUT2D eigenvalue weighted by atomic mass is 32.2. The van der Waals surface area contributed by atoms with E-state index in [2.05, 4.69) is 11.8 Å². The molecule has 6 heteroatoms. The van der Waals surface area contributed by atoms with E-state index in [9.17, 15) is 4.79 Å². The van der Waals surface area contributed by atoms with Gasteiger partial charge in [0.2, 0.25) is 0 Å². The Kier molecular flexibility index (Phi) is 4.76. The minimum atomic E-state index is -0.0775. The van der Waals surface area contributed by atoms with Crippen LogP contribution in [0.1, 0.15) is 12.5 Å². The van der Waals surface area contributed by atoms with Crippen molar-refractivity contribution < 1.29 is 9.53 Å². The van der Waals surface area contributed by atoms with E-state index in [1.165, 1.54) is 11.8 Å². The summed E-state index contributed by atoms with van der Waals surface area (Å²) in [5.74, 6) is 0.736. The molecule has 27 heavy (non-hydrogen) atoms. The molecule has 1 saturated heterocycles. The van der Waals surface area contributed by atoms with Gasteiger partial charge in [0.1, 0.15) is 10.7 Å². The average Bonchev–Trinajstić information content (AvgIpc) is 3.01. The number of ether oxygens (including phenoxy) is 1. The summed E-state index contributed by atoms with van der Waals surface area (Å²) in [6.07, 6.45) is 4.01. The second-order valence-corrected chi connectivity index (χ2v) is 7.70. The summed E-state index contributed by atoms with van der Waals surface area (Å²) in [4.78, 5) is 17.6. The van der Waals surface area contributed by atoms with Crippen LogP contribution in [0.25, 0.3) is 6.08 Å². The van der Waals surface area contributed by atoms with Crippen molar-refractivity contribution in [2.75, 3.05) is 23.5 Å². The number of para-hydroxylation sites is 1. The molecular formula is C21H18N2O2S2. The summed E-state index contributed by atoms with van der Waals surface area (Å²) in [7, 11) is 1.66. The molecule has 136 valence electrons. The number of amides is 1.